The number of hydrogen-bond donors (Lipinski definition) is 2. The molecule has 2 heterocycles. The van der Waals surface area contributed by atoms with E-state index < -0.39 is 20.9 Å². The zero-order valence-electron chi connectivity index (χ0n) is 34.4. The summed E-state index contributed by atoms with van der Waals surface area (Å²) in [5, 5.41) is 16.3. The molecule has 1 amide bonds. The van der Waals surface area contributed by atoms with E-state index in [4.69, 9.17) is 11.6 Å². The zero-order chi connectivity index (χ0) is 42.3. The summed E-state index contributed by atoms with van der Waals surface area (Å²) in [6.45, 7) is 14.0. The molecule has 1 aromatic heterocycles. The highest BCUT2D eigenvalue weighted by Gasteiger charge is 2.31. The molecule has 0 saturated carbocycles. The Morgan fingerprint density at radius 2 is 1.69 bits per heavy atom. The highest BCUT2D eigenvalue weighted by molar-refractivity contribution is 7.99. The molecule has 11 nitrogen and oxygen atoms in total. The van der Waals surface area contributed by atoms with E-state index in [1.54, 1.807) is 23.9 Å². The Morgan fingerprint density at radius 1 is 1.02 bits per heavy atom. The van der Waals surface area contributed by atoms with E-state index in [1.165, 1.54) is 16.7 Å². The Balaban J connectivity index is 1.07. The summed E-state index contributed by atoms with van der Waals surface area (Å²) in [5.41, 5.74) is 5.24. The van der Waals surface area contributed by atoms with Crippen LogP contribution in [0.1, 0.15) is 69.3 Å². The number of amides is 1. The summed E-state index contributed by atoms with van der Waals surface area (Å²) in [7, 11) is -2.39. The summed E-state index contributed by atoms with van der Waals surface area (Å²) < 4.78 is 28.9. The van der Waals surface area contributed by atoms with Gasteiger partial charge in [0, 0.05) is 84.3 Å². The maximum absolute atomic E-state index is 13.5. The van der Waals surface area contributed by atoms with Crippen LogP contribution in [0.3, 0.4) is 0 Å². The van der Waals surface area contributed by atoms with Gasteiger partial charge in [-0.15, -0.1) is 11.8 Å². The molecule has 1 saturated heterocycles. The molecule has 1 aliphatic heterocycles. The van der Waals surface area contributed by atoms with Crippen molar-refractivity contribution in [2.75, 3.05) is 62.3 Å². The largest absolute Gasteiger partial charge is 0.369 e. The van der Waals surface area contributed by atoms with Crippen molar-refractivity contribution in [1.82, 2.24) is 14.5 Å². The molecular weight excluding hydrogens is 824 g/mol. The second kappa shape index (κ2) is 19.6. The van der Waals surface area contributed by atoms with Crippen LogP contribution in [0, 0.1) is 15.5 Å². The van der Waals surface area contributed by atoms with Crippen LogP contribution in [-0.2, 0) is 10.0 Å². The van der Waals surface area contributed by atoms with Crippen LogP contribution in [0.25, 0.3) is 5.57 Å². The lowest BCUT2D eigenvalue weighted by atomic mass is 9.73. The van der Waals surface area contributed by atoms with Gasteiger partial charge in [-0.1, -0.05) is 72.7 Å². The van der Waals surface area contributed by atoms with Crippen molar-refractivity contribution in [3.05, 3.63) is 117 Å². The third-order valence-electron chi connectivity index (χ3n) is 11.3. The molecule has 316 valence electrons. The normalized spacial score (nSPS) is 16.7. The van der Waals surface area contributed by atoms with Crippen LogP contribution in [0.4, 0.5) is 16.4 Å². The van der Waals surface area contributed by atoms with Crippen molar-refractivity contribution < 1.29 is 18.1 Å². The first kappa shape index (κ1) is 44.6. The summed E-state index contributed by atoms with van der Waals surface area (Å²) in [5.74, 6) is -0.195. The van der Waals surface area contributed by atoms with E-state index in [1.807, 2.05) is 61.6 Å². The number of nitrogens with zero attached hydrogens (tertiary/aromatic N) is 4. The van der Waals surface area contributed by atoms with Crippen molar-refractivity contribution in [2.45, 2.75) is 74.6 Å². The minimum absolute atomic E-state index is 0.138. The quantitative estimate of drug-likeness (QED) is 0.0602. The van der Waals surface area contributed by atoms with Crippen molar-refractivity contribution in [2.24, 2.45) is 5.41 Å². The van der Waals surface area contributed by atoms with Crippen molar-refractivity contribution in [3.63, 3.8) is 0 Å². The first-order valence-electron chi connectivity index (χ1n) is 20.1. The molecule has 4 aromatic rings. The molecule has 1 aliphatic carbocycles. The van der Waals surface area contributed by atoms with Gasteiger partial charge in [0.15, 0.2) is 5.00 Å². The molecular formula is C44H55ClN6O5S3. The number of carbonyl (C=O) groups is 1. The van der Waals surface area contributed by atoms with Gasteiger partial charge in [0.1, 0.15) is 4.21 Å². The Hall–Kier alpha value is -3.92. The first-order valence-corrected chi connectivity index (χ1v) is 23.8. The van der Waals surface area contributed by atoms with Crippen LogP contribution in [0.15, 0.2) is 99.6 Å². The van der Waals surface area contributed by atoms with E-state index in [0.717, 1.165) is 91.5 Å². The van der Waals surface area contributed by atoms with Gasteiger partial charge >= 0.3 is 5.69 Å². The van der Waals surface area contributed by atoms with Crippen LogP contribution in [0.2, 0.25) is 5.02 Å². The average molecular weight is 880 g/mol. The average Bonchev–Trinajstić information content (AvgIpc) is 3.65. The lowest BCUT2D eigenvalue weighted by Crippen LogP contribution is -2.47. The molecule has 0 unspecified atom stereocenters. The SMILES string of the molecule is CC(C)N(C)CC[C@H](CSc1ccccc1)Nc1sc(S(=O)(=O)NC(=O)c2ccc(N3CCN(CC4=C(c5ccc(Cl)cc5)CCC(C)(C)C4)CC3)cc2)cc1[N+](=O)[O-]. The fourth-order valence-electron chi connectivity index (χ4n) is 7.50. The topological polar surface area (TPSA) is 128 Å². The van der Waals surface area contributed by atoms with Gasteiger partial charge in [-0.25, -0.2) is 13.1 Å². The van der Waals surface area contributed by atoms with E-state index >= 15 is 0 Å². The number of halogens is 1. The monoisotopic (exact) mass is 878 g/mol. The Morgan fingerprint density at radius 3 is 2.34 bits per heavy atom. The molecule has 3 aromatic carbocycles. The van der Waals surface area contributed by atoms with Gasteiger partial charge in [-0.05, 0) is 112 Å². The maximum atomic E-state index is 13.5. The Bertz CT molecular complexity index is 2200. The van der Waals surface area contributed by atoms with Gasteiger partial charge in [-0.2, -0.15) is 0 Å². The molecule has 1 fully saturated rings. The smallest absolute Gasteiger partial charge is 0.304 e. The number of carbonyl (C=O) groups excluding carboxylic acids is 1. The van der Waals surface area contributed by atoms with Crippen LogP contribution in [0.5, 0.6) is 0 Å². The minimum Gasteiger partial charge on any atom is -0.369 e. The predicted molar refractivity (Wildman–Crippen MR) is 244 cm³/mol. The number of anilines is 2. The van der Waals surface area contributed by atoms with Gasteiger partial charge < -0.3 is 15.1 Å². The molecule has 2 N–H and O–H groups in total. The fraction of sp³-hybridized carbons (Fsp3) is 0.432. The molecule has 15 heteroatoms. The third-order valence-corrected chi connectivity index (χ3v) is 15.6. The second-order valence-electron chi connectivity index (χ2n) is 16.5. The zero-order valence-corrected chi connectivity index (χ0v) is 37.7. The molecule has 2 aliphatic rings. The molecule has 1 atom stereocenters. The van der Waals surface area contributed by atoms with E-state index in [-0.39, 0.29) is 31.9 Å². The van der Waals surface area contributed by atoms with Crippen molar-refractivity contribution >= 4 is 72.6 Å². The van der Waals surface area contributed by atoms with Crippen molar-refractivity contribution in [3.8, 4) is 0 Å². The third kappa shape index (κ3) is 12.1. The first-order chi connectivity index (χ1) is 28.1. The van der Waals surface area contributed by atoms with Gasteiger partial charge in [0.05, 0.1) is 4.92 Å². The number of sulfonamides is 1. The standard InChI is InChI=1S/C44H55ClN6O5S3/c1-31(2)48(5)22-20-36(30-57-38-9-7-6-8-10-38)46-43-40(51(53)54)27-41(58-43)59(55,56)47-42(52)33-13-17-37(18-14-33)50-25-23-49(24-26-50)29-34-28-44(3,4)21-19-39(34)32-11-15-35(45)16-12-32/h6-18,27,31,36,46H,19-26,28-30H2,1-5H3,(H,47,52)/t36-/m1/s1. The van der Waals surface area contributed by atoms with E-state index in [2.05, 4.69) is 64.6 Å². The highest BCUT2D eigenvalue weighted by atomic mass is 35.5. The molecule has 59 heavy (non-hydrogen) atoms. The summed E-state index contributed by atoms with van der Waals surface area (Å²) in [6, 6.07) is 26.1. The summed E-state index contributed by atoms with van der Waals surface area (Å²) in [4.78, 5) is 32.9. The summed E-state index contributed by atoms with van der Waals surface area (Å²) >= 11 is 8.58. The van der Waals surface area contributed by atoms with Crippen LogP contribution >= 0.6 is 34.7 Å². The molecule has 0 spiro atoms. The number of benzene rings is 3. The van der Waals surface area contributed by atoms with Crippen molar-refractivity contribution in [1.29, 1.82) is 0 Å². The number of nitro groups is 1. The number of thioether (sulfide) groups is 1. The second-order valence-corrected chi connectivity index (χ2v) is 21.0. The fourth-order valence-corrected chi connectivity index (χ4v) is 11.0. The number of thiophene rings is 1. The number of nitrogens with one attached hydrogen (secondary N) is 2. The Labute approximate surface area is 362 Å². The van der Waals surface area contributed by atoms with E-state index in [9.17, 15) is 23.3 Å². The number of hydrogen-bond acceptors (Lipinski definition) is 11. The van der Waals surface area contributed by atoms with Crippen LogP contribution in [-0.4, -0.2) is 93.2 Å². The minimum atomic E-state index is -4.42. The number of piperazine rings is 1. The van der Waals surface area contributed by atoms with Gasteiger partial charge in [-0.3, -0.25) is 19.8 Å². The van der Waals surface area contributed by atoms with Gasteiger partial charge in [0.25, 0.3) is 15.9 Å². The lowest BCUT2D eigenvalue weighted by Gasteiger charge is -2.39. The molecule has 0 bridgehead atoms. The Kier molecular flexibility index (Phi) is 14.9. The predicted octanol–water partition coefficient (Wildman–Crippen LogP) is 9.52. The highest BCUT2D eigenvalue weighted by Crippen LogP contribution is 2.43. The lowest BCUT2D eigenvalue weighted by molar-refractivity contribution is -0.383. The molecule has 0 radical (unpaired) electrons. The van der Waals surface area contributed by atoms with Crippen LogP contribution < -0.4 is 14.9 Å². The maximum Gasteiger partial charge on any atom is 0.304 e. The molecule has 6 rings (SSSR count). The summed E-state index contributed by atoms with van der Waals surface area (Å²) in [6.07, 6.45) is 3.96. The number of allylic oxidation sites excluding steroid dienone is 1. The number of rotatable bonds is 17. The van der Waals surface area contributed by atoms with E-state index in [0.29, 0.717) is 18.2 Å². The van der Waals surface area contributed by atoms with Gasteiger partial charge in [0.2, 0.25) is 0 Å².